The Kier molecular flexibility index (Phi) is 3.91. The van der Waals surface area contributed by atoms with E-state index in [9.17, 15) is 13.2 Å². The Morgan fingerprint density at radius 1 is 1.19 bits per heavy atom. The molecule has 1 amide bonds. The number of halogens is 1. The minimum Gasteiger partial charge on any atom is -0.305 e. The summed E-state index contributed by atoms with van der Waals surface area (Å²) >= 11 is 5.83. The lowest BCUT2D eigenvalue weighted by molar-refractivity contribution is -0.112. The van der Waals surface area contributed by atoms with Crippen molar-refractivity contribution in [2.24, 2.45) is 4.99 Å². The highest BCUT2D eigenvalue weighted by atomic mass is 35.5. The Morgan fingerprint density at radius 3 is 2.73 bits per heavy atom. The SMILES string of the molecule is CC1=NC(C(=O)Nc2cccc(Cl)n2)=C2CS(=O)(=O)c3ccccc3[N+]12. The quantitative estimate of drug-likeness (QED) is 0.631. The number of hydrogen-bond acceptors (Lipinski definition) is 6. The van der Waals surface area contributed by atoms with E-state index in [2.05, 4.69) is 15.3 Å². The van der Waals surface area contributed by atoms with Gasteiger partial charge in [0.2, 0.25) is 11.4 Å². The first-order valence-electron chi connectivity index (χ1n) is 7.71. The molecular formula is C17H13ClN4O3S+. The van der Waals surface area contributed by atoms with E-state index < -0.39 is 15.7 Å². The molecule has 26 heavy (non-hydrogen) atoms. The van der Waals surface area contributed by atoms with Crippen molar-refractivity contribution in [3.63, 3.8) is 0 Å². The molecule has 4 rings (SSSR count). The van der Waals surface area contributed by atoms with Crippen molar-refractivity contribution >= 4 is 44.7 Å². The predicted molar refractivity (Wildman–Crippen MR) is 98.3 cm³/mol. The number of carbonyl (C=O) groups is 1. The molecule has 131 valence electrons. The third-order valence-corrected chi connectivity index (χ3v) is 5.96. The van der Waals surface area contributed by atoms with Crippen LogP contribution >= 0.6 is 11.6 Å². The second-order valence-corrected chi connectivity index (χ2v) is 8.16. The molecule has 0 aliphatic carbocycles. The van der Waals surface area contributed by atoms with Crippen LogP contribution in [-0.2, 0) is 14.6 Å². The predicted octanol–water partition coefficient (Wildman–Crippen LogP) is 2.58. The molecule has 0 spiro atoms. The van der Waals surface area contributed by atoms with Gasteiger partial charge >= 0.3 is 0 Å². The van der Waals surface area contributed by atoms with Gasteiger partial charge in [0.25, 0.3) is 11.7 Å². The number of nitrogens with one attached hydrogen (secondary N) is 1. The maximum atomic E-state index is 12.7. The summed E-state index contributed by atoms with van der Waals surface area (Å²) in [5.41, 5.74) is 0.891. The van der Waals surface area contributed by atoms with Gasteiger partial charge in [0.15, 0.2) is 15.5 Å². The summed E-state index contributed by atoms with van der Waals surface area (Å²) in [6.07, 6.45) is 0. The zero-order chi connectivity index (χ0) is 18.5. The first-order chi connectivity index (χ1) is 12.4. The molecule has 1 aromatic carbocycles. The first-order valence-corrected chi connectivity index (χ1v) is 9.74. The van der Waals surface area contributed by atoms with Crippen molar-refractivity contribution < 1.29 is 13.2 Å². The van der Waals surface area contributed by atoms with E-state index in [0.29, 0.717) is 17.2 Å². The van der Waals surface area contributed by atoms with Crippen molar-refractivity contribution in [3.05, 3.63) is 59.0 Å². The molecule has 0 saturated carbocycles. The largest absolute Gasteiger partial charge is 0.305 e. The molecule has 7 nitrogen and oxygen atoms in total. The number of carbonyl (C=O) groups excluding carboxylic acids is 1. The lowest BCUT2D eigenvalue weighted by atomic mass is 10.2. The molecule has 3 heterocycles. The Hall–Kier alpha value is -2.55. The molecule has 0 atom stereocenters. The number of amides is 1. The third-order valence-electron chi connectivity index (χ3n) is 4.08. The van der Waals surface area contributed by atoms with E-state index in [1.54, 1.807) is 54.3 Å². The Bertz CT molecular complexity index is 1110. The van der Waals surface area contributed by atoms with Crippen LogP contribution in [0.4, 0.5) is 11.5 Å². The van der Waals surface area contributed by atoms with Gasteiger partial charge in [-0.15, -0.1) is 0 Å². The molecule has 2 aromatic rings. The number of rotatable bonds is 2. The maximum absolute atomic E-state index is 12.7. The van der Waals surface area contributed by atoms with Crippen LogP contribution in [0.5, 0.6) is 0 Å². The number of hydrogen-bond donors (Lipinski definition) is 1. The van der Waals surface area contributed by atoms with Gasteiger partial charge < -0.3 is 5.32 Å². The highest BCUT2D eigenvalue weighted by molar-refractivity contribution is 7.91. The molecule has 0 unspecified atom stereocenters. The number of benzene rings is 1. The molecule has 2 aliphatic rings. The normalized spacial score (nSPS) is 18.2. The number of para-hydroxylation sites is 1. The van der Waals surface area contributed by atoms with E-state index in [1.165, 1.54) is 0 Å². The standard InChI is InChI=1S/C17H13ClN4O3S/c1-10-19-16(17(23)21-15-8-4-7-14(18)20-15)12-9-26(24,25)13-6-3-2-5-11(13)22(10)12/h2-8H,9H2,1H3,(H,20,21,23)/q+1. The van der Waals surface area contributed by atoms with E-state index in [-0.39, 0.29) is 27.3 Å². The van der Waals surface area contributed by atoms with Crippen LogP contribution in [0.15, 0.2) is 63.7 Å². The highest BCUT2D eigenvalue weighted by Crippen LogP contribution is 2.39. The minimum atomic E-state index is -3.56. The van der Waals surface area contributed by atoms with E-state index in [1.807, 2.05) is 0 Å². The average Bonchev–Trinajstić information content (AvgIpc) is 2.91. The summed E-state index contributed by atoms with van der Waals surface area (Å²) in [7, 11) is -3.56. The van der Waals surface area contributed by atoms with Gasteiger partial charge in [0, 0.05) is 13.0 Å². The van der Waals surface area contributed by atoms with Gasteiger partial charge in [-0.3, -0.25) is 4.79 Å². The van der Waals surface area contributed by atoms with Crippen molar-refractivity contribution in [3.8, 4) is 0 Å². The summed E-state index contributed by atoms with van der Waals surface area (Å²) < 4.78 is 25.2. The number of pyridine rings is 1. The highest BCUT2D eigenvalue weighted by Gasteiger charge is 2.49. The Labute approximate surface area is 154 Å². The van der Waals surface area contributed by atoms with E-state index >= 15 is 0 Å². The smallest absolute Gasteiger partial charge is 0.281 e. The summed E-state index contributed by atoms with van der Waals surface area (Å²) in [6, 6.07) is 11.5. The van der Waals surface area contributed by atoms with Gasteiger partial charge in [-0.05, 0) is 23.1 Å². The van der Waals surface area contributed by atoms with Crippen LogP contribution in [0.2, 0.25) is 5.15 Å². The molecule has 0 bridgehead atoms. The van der Waals surface area contributed by atoms with E-state index in [0.717, 1.165) is 0 Å². The second-order valence-electron chi connectivity index (χ2n) is 5.82. The number of amidine groups is 1. The van der Waals surface area contributed by atoms with Crippen LogP contribution in [0.25, 0.3) is 0 Å². The maximum Gasteiger partial charge on any atom is 0.281 e. The van der Waals surface area contributed by atoms with E-state index in [4.69, 9.17) is 11.6 Å². The monoisotopic (exact) mass is 388 g/mol. The molecule has 0 fully saturated rings. The summed E-state index contributed by atoms with van der Waals surface area (Å²) in [5.74, 6) is -0.0324. The number of anilines is 2. The fourth-order valence-corrected chi connectivity index (χ4v) is 4.74. The summed E-state index contributed by atoms with van der Waals surface area (Å²) in [4.78, 5) is 22.9. The molecular weight excluding hydrogens is 376 g/mol. The Balaban J connectivity index is 1.77. The lowest BCUT2D eigenvalue weighted by Crippen LogP contribution is -2.36. The summed E-state index contributed by atoms with van der Waals surface area (Å²) in [5, 5.41) is 2.85. The fourth-order valence-electron chi connectivity index (χ4n) is 3.03. The van der Waals surface area contributed by atoms with Crippen molar-refractivity contribution in [2.45, 2.75) is 11.8 Å². The van der Waals surface area contributed by atoms with Gasteiger partial charge in [0.05, 0.1) is 0 Å². The molecule has 0 saturated heterocycles. The van der Waals surface area contributed by atoms with Gasteiger partial charge in [0.1, 0.15) is 21.6 Å². The van der Waals surface area contributed by atoms with Crippen molar-refractivity contribution in [2.75, 3.05) is 11.1 Å². The zero-order valence-corrected chi connectivity index (χ0v) is 15.2. The first kappa shape index (κ1) is 16.9. The average molecular weight is 389 g/mol. The number of aromatic nitrogens is 1. The molecule has 1 aromatic heterocycles. The van der Waals surface area contributed by atoms with Crippen LogP contribution in [0, 0.1) is 0 Å². The van der Waals surface area contributed by atoms with Crippen LogP contribution in [0.3, 0.4) is 0 Å². The van der Waals surface area contributed by atoms with Gasteiger partial charge in [-0.1, -0.05) is 29.8 Å². The van der Waals surface area contributed by atoms with Crippen molar-refractivity contribution in [1.82, 2.24) is 9.88 Å². The topological polar surface area (TPSA) is 94.4 Å². The minimum absolute atomic E-state index is 0.0577. The fraction of sp³-hybridized carbons (Fsp3) is 0.118. The van der Waals surface area contributed by atoms with Gasteiger partial charge in [-0.2, -0.15) is 4.99 Å². The van der Waals surface area contributed by atoms with Gasteiger partial charge in [-0.25, -0.2) is 13.4 Å². The number of aliphatic imine (C=N–C) groups is 1. The Morgan fingerprint density at radius 2 is 1.96 bits per heavy atom. The second kappa shape index (κ2) is 6.01. The number of fused-ring (bicyclic) bond motifs is 3. The zero-order valence-electron chi connectivity index (χ0n) is 13.6. The molecule has 1 N–H and O–H groups in total. The molecule has 1 radical (unpaired) electrons. The number of sulfone groups is 1. The van der Waals surface area contributed by atoms with Crippen LogP contribution in [-0.4, -0.2) is 30.9 Å². The number of nitrogens with zero attached hydrogens (tertiary/aromatic N) is 3. The van der Waals surface area contributed by atoms with Crippen LogP contribution in [0.1, 0.15) is 6.92 Å². The van der Waals surface area contributed by atoms with Crippen molar-refractivity contribution in [1.29, 1.82) is 0 Å². The molecule has 9 heteroatoms. The van der Waals surface area contributed by atoms with Crippen LogP contribution < -0.4 is 10.2 Å². The lowest BCUT2D eigenvalue weighted by Gasteiger charge is -2.17. The molecule has 2 aliphatic heterocycles. The third kappa shape index (κ3) is 2.72. The summed E-state index contributed by atoms with van der Waals surface area (Å²) in [6.45, 7) is 1.73.